The first kappa shape index (κ1) is 28.5. The summed E-state index contributed by atoms with van der Waals surface area (Å²) in [6, 6.07) is -0.854. The molecule has 4 heterocycles. The molecule has 2 aromatic heterocycles. The Morgan fingerprint density at radius 2 is 2.12 bits per heavy atom. The number of β-lactam (4-membered cyclic amide) rings is 1. The number of tetrazole rings is 1. The lowest BCUT2D eigenvalue weighted by molar-refractivity contribution is -0.157. The van der Waals surface area contributed by atoms with Crippen LogP contribution in [0.15, 0.2) is 10.3 Å². The zero-order valence-electron chi connectivity index (χ0n) is 21.3. The Kier molecular flexibility index (Phi) is 8.71. The summed E-state index contributed by atoms with van der Waals surface area (Å²) < 4.78 is 5.67. The highest BCUT2D eigenvalue weighted by atomic mass is 32.2. The van der Waals surface area contributed by atoms with Gasteiger partial charge in [0.2, 0.25) is 22.6 Å². The van der Waals surface area contributed by atoms with Crippen molar-refractivity contribution in [3.05, 3.63) is 5.82 Å². The van der Waals surface area contributed by atoms with Crippen molar-refractivity contribution in [1.29, 1.82) is 0 Å². The number of amides is 2. The maximum absolute atomic E-state index is 13.2. The van der Waals surface area contributed by atoms with Crippen molar-refractivity contribution < 1.29 is 24.3 Å². The Balaban J connectivity index is 1.23. The number of carbonyl (C=O) groups excluding carboxylic acids is 2. The normalized spacial score (nSPS) is 25.0. The molecule has 216 valence electrons. The number of hydrogen-bond acceptors (Lipinski definition) is 15. The smallest absolute Gasteiger partial charge is 0.313 e. The molecule has 40 heavy (non-hydrogen) atoms. The second kappa shape index (κ2) is 12.2. The van der Waals surface area contributed by atoms with Crippen LogP contribution in [0.25, 0.3) is 0 Å². The summed E-state index contributed by atoms with van der Waals surface area (Å²) in [6.07, 6.45) is 4.31. The zero-order valence-corrected chi connectivity index (χ0v) is 23.8. The SMILES string of the molecule is NCCCn1nnnc1SCC1(C(=O)O)CS[C@@H]2C(NC(=O)C(=NOC3CCCC3)c3nsc(N)n3)C(=O)N2C1. The van der Waals surface area contributed by atoms with Gasteiger partial charge < -0.3 is 31.6 Å². The van der Waals surface area contributed by atoms with Gasteiger partial charge in [0.15, 0.2) is 5.13 Å². The van der Waals surface area contributed by atoms with E-state index in [1.165, 1.54) is 28.4 Å². The summed E-state index contributed by atoms with van der Waals surface area (Å²) in [5.74, 6) is -1.64. The lowest BCUT2D eigenvalue weighted by Crippen LogP contribution is -2.74. The lowest BCUT2D eigenvalue weighted by Gasteiger charge is -2.53. The maximum Gasteiger partial charge on any atom is 0.313 e. The van der Waals surface area contributed by atoms with E-state index < -0.39 is 28.7 Å². The number of carboxylic acid groups (broad SMARTS) is 1. The van der Waals surface area contributed by atoms with Crippen LogP contribution in [-0.2, 0) is 25.8 Å². The van der Waals surface area contributed by atoms with Crippen molar-refractivity contribution in [2.75, 3.05) is 30.3 Å². The summed E-state index contributed by atoms with van der Waals surface area (Å²) in [5.41, 5.74) is 9.90. The van der Waals surface area contributed by atoms with Crippen LogP contribution in [0, 0.1) is 5.41 Å². The highest BCUT2D eigenvalue weighted by Crippen LogP contribution is 2.44. The van der Waals surface area contributed by atoms with Crippen LogP contribution >= 0.6 is 35.1 Å². The van der Waals surface area contributed by atoms with E-state index in [0.717, 1.165) is 37.2 Å². The average Bonchev–Trinajstić information content (AvgIpc) is 3.72. The number of rotatable bonds is 12. The molecule has 1 aliphatic carbocycles. The minimum absolute atomic E-state index is 0.00151. The number of nitrogens with zero attached hydrogens (tertiary/aromatic N) is 8. The quantitative estimate of drug-likeness (QED) is 0.101. The second-order valence-corrected chi connectivity index (χ2v) is 12.6. The molecule has 0 bridgehead atoms. The van der Waals surface area contributed by atoms with Gasteiger partial charge in [-0.05, 0) is 49.1 Å². The van der Waals surface area contributed by atoms with Crippen molar-refractivity contribution in [2.24, 2.45) is 16.3 Å². The predicted octanol–water partition coefficient (Wildman–Crippen LogP) is -0.618. The van der Waals surface area contributed by atoms with Gasteiger partial charge in [-0.25, -0.2) is 4.68 Å². The van der Waals surface area contributed by atoms with E-state index in [0.29, 0.717) is 24.7 Å². The molecule has 2 amide bonds. The van der Waals surface area contributed by atoms with Gasteiger partial charge in [0, 0.05) is 36.1 Å². The fraction of sp³-hybridized carbons (Fsp3) is 0.667. The van der Waals surface area contributed by atoms with Crippen LogP contribution in [-0.4, -0.2) is 105 Å². The van der Waals surface area contributed by atoms with Gasteiger partial charge >= 0.3 is 5.97 Å². The molecule has 6 N–H and O–H groups in total. The maximum atomic E-state index is 13.2. The van der Waals surface area contributed by atoms with Crippen LogP contribution < -0.4 is 16.8 Å². The fourth-order valence-electron chi connectivity index (χ4n) is 4.64. The van der Waals surface area contributed by atoms with Crippen LogP contribution in [0.4, 0.5) is 5.13 Å². The number of carbonyl (C=O) groups is 3. The Morgan fingerprint density at radius 3 is 2.83 bits per heavy atom. The van der Waals surface area contributed by atoms with Gasteiger partial charge in [-0.15, -0.1) is 16.9 Å². The van der Waals surface area contributed by atoms with Gasteiger partial charge in [-0.3, -0.25) is 14.4 Å². The monoisotopic (exact) mass is 611 g/mol. The standard InChI is InChI=1S/C21H29N11O5S3/c22-6-3-7-32-20(26-29-30-32)39-10-21(18(35)36)8-31-16(34)13(17(31)38-9-21)24-15(33)12(14-25-19(23)40-28-14)27-37-11-4-1-2-5-11/h11,13,17H,1-10,22H2,(H,24,33)(H,35,36)(H2,23,25,28)/t13?,17-,21?/m1/s1. The molecule has 1 saturated carbocycles. The molecular weight excluding hydrogens is 583 g/mol. The Bertz CT molecular complexity index is 1280. The molecule has 0 radical (unpaired) electrons. The average molecular weight is 612 g/mol. The van der Waals surface area contributed by atoms with Crippen LogP contribution in [0.3, 0.4) is 0 Å². The van der Waals surface area contributed by atoms with Crippen molar-refractivity contribution in [3.63, 3.8) is 0 Å². The summed E-state index contributed by atoms with van der Waals surface area (Å²) in [5, 5.41) is 28.7. The van der Waals surface area contributed by atoms with Gasteiger partial charge in [0.1, 0.15) is 22.9 Å². The van der Waals surface area contributed by atoms with Gasteiger partial charge in [0.05, 0.1) is 0 Å². The molecule has 2 aromatic rings. The molecule has 5 rings (SSSR count). The van der Waals surface area contributed by atoms with Crippen LogP contribution in [0.2, 0.25) is 0 Å². The predicted molar refractivity (Wildman–Crippen MR) is 146 cm³/mol. The number of aliphatic carboxylic acids is 1. The van der Waals surface area contributed by atoms with Crippen molar-refractivity contribution >= 4 is 63.7 Å². The molecular formula is C21H29N11O5S3. The highest BCUT2D eigenvalue weighted by Gasteiger charge is 2.57. The molecule has 2 saturated heterocycles. The van der Waals surface area contributed by atoms with Gasteiger partial charge in [-0.1, -0.05) is 16.9 Å². The first-order chi connectivity index (χ1) is 19.3. The highest BCUT2D eigenvalue weighted by molar-refractivity contribution is 8.00. The zero-order chi connectivity index (χ0) is 28.3. The summed E-state index contributed by atoms with van der Waals surface area (Å²) in [6.45, 7) is 0.998. The van der Waals surface area contributed by atoms with E-state index in [1.54, 1.807) is 4.68 Å². The minimum atomic E-state index is -1.22. The van der Waals surface area contributed by atoms with Gasteiger partial charge in [-0.2, -0.15) is 9.36 Å². The van der Waals surface area contributed by atoms with E-state index in [9.17, 15) is 19.5 Å². The number of hydrogen-bond donors (Lipinski definition) is 4. The topological polar surface area (TPSA) is 230 Å². The molecule has 0 spiro atoms. The summed E-state index contributed by atoms with van der Waals surface area (Å²) in [7, 11) is 0. The van der Waals surface area contributed by atoms with Gasteiger partial charge in [0.25, 0.3) is 5.91 Å². The Labute approximate surface area is 241 Å². The second-order valence-electron chi connectivity index (χ2n) is 9.73. The molecule has 19 heteroatoms. The van der Waals surface area contributed by atoms with Crippen molar-refractivity contribution in [1.82, 2.24) is 39.8 Å². The third-order valence-corrected chi connectivity index (χ3v) is 10.3. The molecule has 2 aliphatic heterocycles. The number of anilines is 1. The molecule has 3 atom stereocenters. The number of nitrogen functional groups attached to an aromatic ring is 1. The lowest BCUT2D eigenvalue weighted by atomic mass is 9.89. The number of aryl methyl sites for hydroxylation is 1. The molecule has 0 aromatic carbocycles. The molecule has 3 fully saturated rings. The number of thioether (sulfide) groups is 2. The van der Waals surface area contributed by atoms with E-state index in [1.807, 2.05) is 0 Å². The summed E-state index contributed by atoms with van der Waals surface area (Å²) in [4.78, 5) is 49.8. The fourth-order valence-corrected chi connectivity index (χ4v) is 7.83. The number of fused-ring (bicyclic) bond motifs is 1. The number of carboxylic acids is 1. The molecule has 16 nitrogen and oxygen atoms in total. The van der Waals surface area contributed by atoms with E-state index in [-0.39, 0.29) is 46.7 Å². The Morgan fingerprint density at radius 1 is 1.32 bits per heavy atom. The Hall–Kier alpha value is -3.03. The first-order valence-electron chi connectivity index (χ1n) is 12.7. The van der Waals surface area contributed by atoms with E-state index in [2.05, 4.69) is 35.4 Å². The third kappa shape index (κ3) is 5.86. The minimum Gasteiger partial charge on any atom is -0.481 e. The number of oxime groups is 1. The van der Waals surface area contributed by atoms with E-state index >= 15 is 0 Å². The number of nitrogens with one attached hydrogen (secondary N) is 1. The van der Waals surface area contributed by atoms with Crippen molar-refractivity contribution in [3.8, 4) is 0 Å². The van der Waals surface area contributed by atoms with E-state index in [4.69, 9.17) is 16.3 Å². The number of nitrogens with two attached hydrogens (primary N) is 2. The van der Waals surface area contributed by atoms with Crippen molar-refractivity contribution in [2.45, 2.75) is 61.3 Å². The summed E-state index contributed by atoms with van der Waals surface area (Å²) >= 11 is 3.45. The van der Waals surface area contributed by atoms with Crippen LogP contribution in [0.1, 0.15) is 37.9 Å². The van der Waals surface area contributed by atoms with Crippen LogP contribution in [0.5, 0.6) is 0 Å². The third-order valence-electron chi connectivity index (χ3n) is 6.90. The largest absolute Gasteiger partial charge is 0.481 e. The molecule has 3 aliphatic rings. The molecule has 2 unspecified atom stereocenters. The number of aromatic nitrogens is 6. The first-order valence-corrected chi connectivity index (χ1v) is 15.5.